The molecule has 0 amide bonds. The summed E-state index contributed by atoms with van der Waals surface area (Å²) in [5.74, 6) is 0. The summed E-state index contributed by atoms with van der Waals surface area (Å²) in [6.45, 7) is 2.01. The Morgan fingerprint density at radius 2 is 2.00 bits per heavy atom. The first kappa shape index (κ1) is 13.0. The quantitative estimate of drug-likeness (QED) is 0.771. The second kappa shape index (κ2) is 5.17. The lowest BCUT2D eigenvalue weighted by Crippen LogP contribution is -2.00. The largest absolute Gasteiger partial charge is 0.387 e. The Morgan fingerprint density at radius 3 is 2.67 bits per heavy atom. The topological polar surface area (TPSA) is 65.1 Å². The molecule has 0 saturated carbocycles. The number of nitrogens with zero attached hydrogens (tertiary/aromatic N) is 3. The van der Waals surface area contributed by atoms with Crippen molar-refractivity contribution in [2.24, 2.45) is 0 Å². The van der Waals surface area contributed by atoms with Crippen molar-refractivity contribution in [3.8, 4) is 6.07 Å². The molecule has 0 radical (unpaired) electrons. The normalized spacial score (nSPS) is 10.3. The maximum Gasteiger partial charge on any atom is 0.103 e. The summed E-state index contributed by atoms with van der Waals surface area (Å²) >= 11 is 0. The van der Waals surface area contributed by atoms with Gasteiger partial charge in [0.15, 0.2) is 0 Å². The molecule has 2 N–H and O–H groups in total. The second-order valence-electron chi connectivity index (χ2n) is 4.75. The van der Waals surface area contributed by atoms with E-state index in [0.29, 0.717) is 5.56 Å². The summed E-state index contributed by atoms with van der Waals surface area (Å²) in [5.41, 5.74) is 5.19. The van der Waals surface area contributed by atoms with Crippen LogP contribution in [0.15, 0.2) is 42.7 Å². The van der Waals surface area contributed by atoms with Crippen LogP contribution in [0, 0.1) is 18.3 Å². The molecule has 104 valence electrons. The Kier molecular flexibility index (Phi) is 3.20. The van der Waals surface area contributed by atoms with Crippen molar-refractivity contribution in [1.29, 1.82) is 5.26 Å². The van der Waals surface area contributed by atoms with E-state index in [9.17, 15) is 5.26 Å². The fourth-order valence-corrected chi connectivity index (χ4v) is 2.42. The molecule has 21 heavy (non-hydrogen) atoms. The smallest absolute Gasteiger partial charge is 0.103 e. The van der Waals surface area contributed by atoms with Crippen LogP contribution >= 0.6 is 0 Å². The zero-order valence-electron chi connectivity index (χ0n) is 11.9. The third-order valence-corrected chi connectivity index (χ3v) is 3.49. The summed E-state index contributed by atoms with van der Waals surface area (Å²) in [5, 5.41) is 20.1. The van der Waals surface area contributed by atoms with Gasteiger partial charge in [0.05, 0.1) is 34.8 Å². The summed E-state index contributed by atoms with van der Waals surface area (Å²) < 4.78 is 1.78. The molecule has 2 heterocycles. The Bertz CT molecular complexity index is 827. The zero-order chi connectivity index (χ0) is 14.8. The first-order valence-corrected chi connectivity index (χ1v) is 6.65. The van der Waals surface area contributed by atoms with Crippen molar-refractivity contribution in [2.75, 3.05) is 17.7 Å². The van der Waals surface area contributed by atoms with Crippen LogP contribution in [0.3, 0.4) is 0 Å². The van der Waals surface area contributed by atoms with Crippen LogP contribution in [0.1, 0.15) is 11.1 Å². The van der Waals surface area contributed by atoms with Gasteiger partial charge in [-0.25, -0.2) is 4.52 Å². The number of para-hydroxylation sites is 1. The number of fused-ring (bicyclic) bond motifs is 1. The predicted octanol–water partition coefficient (Wildman–Crippen LogP) is 3.30. The first-order chi connectivity index (χ1) is 10.2. The fourth-order valence-electron chi connectivity index (χ4n) is 2.42. The molecule has 1 aromatic carbocycles. The molecule has 0 unspecified atom stereocenters. The number of nitriles is 1. The minimum Gasteiger partial charge on any atom is -0.387 e. The second-order valence-corrected chi connectivity index (χ2v) is 4.75. The Hall–Kier alpha value is -3.00. The van der Waals surface area contributed by atoms with E-state index in [2.05, 4.69) is 21.8 Å². The van der Waals surface area contributed by atoms with Gasteiger partial charge in [0.2, 0.25) is 0 Å². The van der Waals surface area contributed by atoms with Crippen LogP contribution < -0.4 is 10.6 Å². The highest BCUT2D eigenvalue weighted by Crippen LogP contribution is 2.31. The van der Waals surface area contributed by atoms with E-state index in [1.165, 1.54) is 0 Å². The van der Waals surface area contributed by atoms with Crippen molar-refractivity contribution < 1.29 is 0 Å². The van der Waals surface area contributed by atoms with Crippen LogP contribution in [0.25, 0.3) is 5.52 Å². The van der Waals surface area contributed by atoms with Gasteiger partial charge in [-0.3, -0.25) is 0 Å². The monoisotopic (exact) mass is 277 g/mol. The lowest BCUT2D eigenvalue weighted by molar-refractivity contribution is 0.938. The predicted molar refractivity (Wildman–Crippen MR) is 83.9 cm³/mol. The van der Waals surface area contributed by atoms with Crippen molar-refractivity contribution in [2.45, 2.75) is 6.92 Å². The summed E-state index contributed by atoms with van der Waals surface area (Å²) in [7, 11) is 1.87. The van der Waals surface area contributed by atoms with Gasteiger partial charge < -0.3 is 10.6 Å². The average Bonchev–Trinajstić information content (AvgIpc) is 2.85. The summed E-state index contributed by atoms with van der Waals surface area (Å²) in [6.07, 6.45) is 3.50. The van der Waals surface area contributed by atoms with Gasteiger partial charge in [-0.1, -0.05) is 18.2 Å². The third kappa shape index (κ3) is 2.17. The van der Waals surface area contributed by atoms with Crippen molar-refractivity contribution in [3.63, 3.8) is 0 Å². The maximum absolute atomic E-state index is 9.36. The van der Waals surface area contributed by atoms with Gasteiger partial charge in [-0.05, 0) is 19.1 Å². The lowest BCUT2D eigenvalue weighted by Gasteiger charge is -2.10. The van der Waals surface area contributed by atoms with E-state index >= 15 is 0 Å². The molecule has 3 rings (SSSR count). The maximum atomic E-state index is 9.36. The summed E-state index contributed by atoms with van der Waals surface area (Å²) in [4.78, 5) is 0. The van der Waals surface area contributed by atoms with E-state index in [1.807, 2.05) is 50.5 Å². The zero-order valence-corrected chi connectivity index (χ0v) is 11.9. The molecule has 0 aliphatic carbocycles. The molecule has 0 fully saturated rings. The van der Waals surface area contributed by atoms with Crippen molar-refractivity contribution >= 4 is 22.6 Å². The number of nitrogens with one attached hydrogen (secondary N) is 2. The van der Waals surface area contributed by atoms with Crippen molar-refractivity contribution in [3.05, 3.63) is 53.9 Å². The van der Waals surface area contributed by atoms with Crippen LogP contribution in [0.4, 0.5) is 17.1 Å². The lowest BCUT2D eigenvalue weighted by atomic mass is 10.1. The fraction of sp³-hybridized carbons (Fsp3) is 0.125. The SMILES string of the molecule is CNc1cn2ncc(C#N)c(Nc3ccccc3)c2c1C. The molecule has 0 aliphatic rings. The Morgan fingerprint density at radius 1 is 1.24 bits per heavy atom. The molecule has 0 bridgehead atoms. The Labute approximate surface area is 122 Å². The molecule has 0 aliphatic heterocycles. The number of aryl methyl sites for hydroxylation is 1. The first-order valence-electron chi connectivity index (χ1n) is 6.65. The molecule has 5 nitrogen and oxygen atoms in total. The van der Waals surface area contributed by atoms with Gasteiger partial charge in [0.1, 0.15) is 6.07 Å². The summed E-state index contributed by atoms with van der Waals surface area (Å²) in [6, 6.07) is 12.0. The number of benzene rings is 1. The van der Waals surface area contributed by atoms with Crippen molar-refractivity contribution in [1.82, 2.24) is 9.61 Å². The minimum atomic E-state index is 0.523. The average molecular weight is 277 g/mol. The third-order valence-electron chi connectivity index (χ3n) is 3.49. The Balaban J connectivity index is 2.23. The molecule has 5 heteroatoms. The number of hydrogen-bond acceptors (Lipinski definition) is 4. The number of anilines is 3. The standard InChI is InChI=1S/C16H15N5/c1-11-14(18-2)10-21-16(11)15(12(8-17)9-19-21)20-13-6-4-3-5-7-13/h3-7,9-10,18,20H,1-2H3. The van der Waals surface area contributed by atoms with E-state index in [0.717, 1.165) is 28.1 Å². The molecule has 0 saturated heterocycles. The van der Waals surface area contributed by atoms with E-state index in [4.69, 9.17) is 0 Å². The highest BCUT2D eigenvalue weighted by molar-refractivity contribution is 5.87. The van der Waals surface area contributed by atoms with Crippen LogP contribution in [0.5, 0.6) is 0 Å². The van der Waals surface area contributed by atoms with Crippen LogP contribution in [-0.4, -0.2) is 16.7 Å². The van der Waals surface area contributed by atoms with Gasteiger partial charge in [0, 0.05) is 18.3 Å². The van der Waals surface area contributed by atoms with Gasteiger partial charge in [0.25, 0.3) is 0 Å². The van der Waals surface area contributed by atoms with E-state index in [-0.39, 0.29) is 0 Å². The highest BCUT2D eigenvalue weighted by Gasteiger charge is 2.15. The molecular weight excluding hydrogens is 262 g/mol. The number of hydrogen-bond donors (Lipinski definition) is 2. The van der Waals surface area contributed by atoms with Crippen LogP contribution in [-0.2, 0) is 0 Å². The van der Waals surface area contributed by atoms with Gasteiger partial charge in [-0.2, -0.15) is 10.4 Å². The molecule has 0 atom stereocenters. The minimum absolute atomic E-state index is 0.523. The highest BCUT2D eigenvalue weighted by atomic mass is 15.2. The van der Waals surface area contributed by atoms with Gasteiger partial charge in [-0.15, -0.1) is 0 Å². The number of rotatable bonds is 3. The number of aromatic nitrogens is 2. The molecule has 3 aromatic rings. The van der Waals surface area contributed by atoms with E-state index in [1.54, 1.807) is 10.7 Å². The van der Waals surface area contributed by atoms with E-state index < -0.39 is 0 Å². The molecule has 2 aromatic heterocycles. The van der Waals surface area contributed by atoms with Crippen LogP contribution in [0.2, 0.25) is 0 Å². The molecular formula is C16H15N5. The van der Waals surface area contributed by atoms with Gasteiger partial charge >= 0.3 is 0 Å². The molecule has 0 spiro atoms.